The van der Waals surface area contributed by atoms with Crippen LogP contribution in [0.15, 0.2) is 152 Å². The molecule has 0 saturated carbocycles. The smallest absolute Gasteiger partial charge is 0.161 e. The van der Waals surface area contributed by atoms with E-state index in [1.54, 1.807) is 0 Å². The van der Waals surface area contributed by atoms with Crippen LogP contribution in [0.2, 0.25) is 0 Å². The minimum Gasteiger partial charge on any atom is -0.236 e. The first-order valence-corrected chi connectivity index (χ1v) is 12.0. The van der Waals surface area contributed by atoms with Gasteiger partial charge in [-0.15, -0.1) is 0 Å². The molecule has 0 unspecified atom stereocenters. The molecule has 0 aliphatic heterocycles. The fourth-order valence-corrected chi connectivity index (χ4v) is 4.98. The largest absolute Gasteiger partial charge is 0.236 e. The summed E-state index contributed by atoms with van der Waals surface area (Å²) in [5.41, 5.74) is 11.0. The van der Waals surface area contributed by atoms with Crippen molar-refractivity contribution in [3.05, 3.63) is 152 Å². The third-order valence-electron chi connectivity index (χ3n) is 6.45. The van der Waals surface area contributed by atoms with E-state index in [0.717, 1.165) is 0 Å². The lowest BCUT2D eigenvalue weighted by molar-refractivity contribution is -0.594. The fourth-order valence-electron chi connectivity index (χ4n) is 4.98. The van der Waals surface area contributed by atoms with Crippen LogP contribution in [0.5, 0.6) is 0 Å². The van der Waals surface area contributed by atoms with Crippen LogP contribution in [0.1, 0.15) is 0 Å². The molecule has 0 fully saturated rings. The standard InChI is InChI=1S/C34H25N/c1-6-16-26(17-7-1)30-31(27-18-8-2-9-19-27)33(29-22-12-4-13-23-29)34(35-24-14-5-15-25-35)32(30)28-20-10-3-11-21-28/h1-25H. The van der Waals surface area contributed by atoms with Crippen LogP contribution >= 0.6 is 0 Å². The quantitative estimate of drug-likeness (QED) is 0.185. The number of hydrogen-bond donors (Lipinski definition) is 0. The third kappa shape index (κ3) is 3.88. The molecule has 0 radical (unpaired) electrons. The summed E-state index contributed by atoms with van der Waals surface area (Å²) in [4.78, 5) is 0. The Balaban J connectivity index is 1.86. The molecule has 0 saturated heterocycles. The molecule has 6 aromatic rings. The molecule has 5 aromatic carbocycles. The zero-order valence-electron chi connectivity index (χ0n) is 19.4. The average molecular weight is 448 g/mol. The van der Waals surface area contributed by atoms with Crippen LogP contribution < -0.4 is 4.57 Å². The van der Waals surface area contributed by atoms with Crippen molar-refractivity contribution in [2.75, 3.05) is 0 Å². The summed E-state index contributed by atoms with van der Waals surface area (Å²) in [5, 5.41) is 0. The molecule has 1 aromatic heterocycles. The van der Waals surface area contributed by atoms with Gasteiger partial charge in [-0.25, -0.2) is 4.57 Å². The average Bonchev–Trinajstić information content (AvgIpc) is 3.32. The Morgan fingerprint density at radius 1 is 0.343 bits per heavy atom. The third-order valence-corrected chi connectivity index (χ3v) is 6.45. The zero-order chi connectivity index (χ0) is 23.5. The second-order valence-corrected chi connectivity index (χ2v) is 8.60. The van der Waals surface area contributed by atoms with Gasteiger partial charge in [0.1, 0.15) is 12.4 Å². The molecule has 0 bridgehead atoms. The number of hydrogen-bond acceptors (Lipinski definition) is 0. The number of pyridine rings is 1. The SMILES string of the molecule is c1ccc(-c2c(-c3ccccc3)c(-c3ccccc3)[c-](-[n+]3ccccc3)c2-c2ccccc2)cc1. The topological polar surface area (TPSA) is 3.88 Å². The van der Waals surface area contributed by atoms with Crippen molar-refractivity contribution in [3.8, 4) is 50.2 Å². The van der Waals surface area contributed by atoms with E-state index in [1.165, 1.54) is 50.2 Å². The van der Waals surface area contributed by atoms with E-state index in [0.29, 0.717) is 0 Å². The molecule has 1 heteroatoms. The molecule has 0 spiro atoms. The number of nitrogens with zero attached hydrogens (tertiary/aromatic N) is 1. The van der Waals surface area contributed by atoms with Crippen LogP contribution in [-0.2, 0) is 0 Å². The van der Waals surface area contributed by atoms with Gasteiger partial charge in [0.15, 0.2) is 5.69 Å². The van der Waals surface area contributed by atoms with Crippen molar-refractivity contribution in [2.45, 2.75) is 0 Å². The van der Waals surface area contributed by atoms with Gasteiger partial charge in [0, 0.05) is 0 Å². The molecular formula is C34H25N. The lowest BCUT2D eigenvalue weighted by Crippen LogP contribution is -2.30. The van der Waals surface area contributed by atoms with Gasteiger partial charge in [0.25, 0.3) is 0 Å². The van der Waals surface area contributed by atoms with Gasteiger partial charge >= 0.3 is 0 Å². The van der Waals surface area contributed by atoms with Gasteiger partial charge < -0.3 is 0 Å². The minimum absolute atomic E-state index is 1.20. The van der Waals surface area contributed by atoms with Gasteiger partial charge in [-0.2, -0.15) is 0 Å². The van der Waals surface area contributed by atoms with Gasteiger partial charge in [-0.1, -0.05) is 150 Å². The predicted molar refractivity (Wildman–Crippen MR) is 145 cm³/mol. The number of aromatic nitrogens is 1. The molecule has 0 amide bonds. The van der Waals surface area contributed by atoms with Gasteiger partial charge in [-0.05, 0) is 34.4 Å². The van der Waals surface area contributed by atoms with Crippen molar-refractivity contribution >= 4 is 0 Å². The maximum absolute atomic E-state index is 2.27. The maximum Gasteiger partial charge on any atom is 0.161 e. The van der Waals surface area contributed by atoms with Gasteiger partial charge in [0.05, 0.1) is 0 Å². The van der Waals surface area contributed by atoms with E-state index in [1.807, 2.05) is 0 Å². The van der Waals surface area contributed by atoms with E-state index in [4.69, 9.17) is 0 Å². The zero-order valence-corrected chi connectivity index (χ0v) is 19.4. The Morgan fingerprint density at radius 2 is 0.657 bits per heavy atom. The van der Waals surface area contributed by atoms with Crippen LogP contribution in [0, 0.1) is 0 Å². The Bertz CT molecular complexity index is 1240. The first-order valence-electron chi connectivity index (χ1n) is 12.0. The summed E-state index contributed by atoms with van der Waals surface area (Å²) in [6, 6.07) is 49.4. The van der Waals surface area contributed by atoms with E-state index in [9.17, 15) is 0 Å². The van der Waals surface area contributed by atoms with Crippen molar-refractivity contribution in [2.24, 2.45) is 0 Å². The van der Waals surface area contributed by atoms with Crippen LogP contribution in [-0.4, -0.2) is 0 Å². The Morgan fingerprint density at radius 3 is 1.03 bits per heavy atom. The van der Waals surface area contributed by atoms with Crippen LogP contribution in [0.3, 0.4) is 0 Å². The number of benzene rings is 4. The van der Waals surface area contributed by atoms with Crippen molar-refractivity contribution in [1.82, 2.24) is 0 Å². The van der Waals surface area contributed by atoms with Crippen LogP contribution in [0.4, 0.5) is 0 Å². The monoisotopic (exact) mass is 447 g/mol. The molecular weight excluding hydrogens is 422 g/mol. The molecule has 1 heterocycles. The van der Waals surface area contributed by atoms with E-state index in [2.05, 4.69) is 156 Å². The molecule has 0 aliphatic rings. The molecule has 0 atom stereocenters. The van der Waals surface area contributed by atoms with E-state index >= 15 is 0 Å². The first-order chi connectivity index (χ1) is 17.4. The summed E-state index contributed by atoms with van der Waals surface area (Å²) in [5.74, 6) is 0. The minimum atomic E-state index is 1.20. The Labute approximate surface area is 206 Å². The van der Waals surface area contributed by atoms with Crippen LogP contribution in [0.25, 0.3) is 50.2 Å². The van der Waals surface area contributed by atoms with Gasteiger partial charge in [0.2, 0.25) is 0 Å². The molecule has 166 valence electrons. The first kappa shape index (κ1) is 20.9. The highest BCUT2D eigenvalue weighted by Gasteiger charge is 2.27. The van der Waals surface area contributed by atoms with Crippen molar-refractivity contribution < 1.29 is 4.57 Å². The highest BCUT2D eigenvalue weighted by Crippen LogP contribution is 2.51. The molecule has 35 heavy (non-hydrogen) atoms. The van der Waals surface area contributed by atoms with Crippen molar-refractivity contribution in [3.63, 3.8) is 0 Å². The lowest BCUT2D eigenvalue weighted by atomic mass is 9.91. The van der Waals surface area contributed by atoms with Gasteiger partial charge in [-0.3, -0.25) is 0 Å². The predicted octanol–water partition coefficient (Wildman–Crippen LogP) is 8.35. The lowest BCUT2D eigenvalue weighted by Gasteiger charge is -2.15. The van der Waals surface area contributed by atoms with E-state index < -0.39 is 0 Å². The summed E-state index contributed by atoms with van der Waals surface area (Å²) in [7, 11) is 0. The molecule has 0 N–H and O–H groups in total. The van der Waals surface area contributed by atoms with Crippen molar-refractivity contribution in [1.29, 1.82) is 0 Å². The van der Waals surface area contributed by atoms with E-state index in [-0.39, 0.29) is 0 Å². The highest BCUT2D eigenvalue weighted by atomic mass is 14.9. The molecule has 6 rings (SSSR count). The normalized spacial score (nSPS) is 10.9. The summed E-state index contributed by atoms with van der Waals surface area (Å²) in [6.07, 6.45) is 4.30. The fraction of sp³-hybridized carbons (Fsp3) is 0. The molecule has 1 nitrogen and oxygen atoms in total. The second-order valence-electron chi connectivity index (χ2n) is 8.60. The molecule has 0 aliphatic carbocycles. The highest BCUT2D eigenvalue weighted by molar-refractivity contribution is 6.09. The summed E-state index contributed by atoms with van der Waals surface area (Å²) >= 11 is 0. The maximum atomic E-state index is 2.27. The summed E-state index contributed by atoms with van der Waals surface area (Å²) < 4.78 is 2.27. The Hall–Kier alpha value is -4.62. The second kappa shape index (κ2) is 9.32. The Kier molecular flexibility index (Phi) is 5.58. The summed E-state index contributed by atoms with van der Waals surface area (Å²) in [6.45, 7) is 0. The number of rotatable bonds is 5.